The third-order valence-corrected chi connectivity index (χ3v) is 12.1. The molecule has 250 valence electrons. The van der Waals surface area contributed by atoms with Crippen molar-refractivity contribution >= 4 is 27.5 Å². The van der Waals surface area contributed by atoms with Crippen LogP contribution in [0.2, 0.25) is 0 Å². The van der Waals surface area contributed by atoms with Gasteiger partial charge in [0.15, 0.2) is 0 Å². The molecule has 0 saturated heterocycles. The maximum atomic E-state index is 14.4. The van der Waals surface area contributed by atoms with Crippen LogP contribution in [0.25, 0.3) is 0 Å². The Hall–Kier alpha value is -3.65. The highest BCUT2D eigenvalue weighted by Gasteiger charge is 2.51. The lowest BCUT2D eigenvalue weighted by Crippen LogP contribution is -2.54. The SMILES string of the molecule is CC[C@@H](C)NC(=O)[C@@H](Cc1ccccc1)N(Cc1ccccc1)C(=O)CN(c1ccc(C23CC4CC(CC(C4)C2)C3)cc1)S(C)(=O)=O. The van der Waals surface area contributed by atoms with E-state index in [-0.39, 0.29) is 23.9 Å². The summed E-state index contributed by atoms with van der Waals surface area (Å²) in [6.07, 6.45) is 9.96. The van der Waals surface area contributed by atoms with Gasteiger partial charge in [-0.05, 0) is 104 Å². The summed E-state index contributed by atoms with van der Waals surface area (Å²) < 4.78 is 27.8. The monoisotopic (exact) mass is 655 g/mol. The molecule has 0 unspecified atom stereocenters. The van der Waals surface area contributed by atoms with Gasteiger partial charge in [-0.2, -0.15) is 0 Å². The number of carbonyl (C=O) groups is 2. The van der Waals surface area contributed by atoms with Crippen LogP contribution in [0.3, 0.4) is 0 Å². The topological polar surface area (TPSA) is 86.8 Å². The number of benzene rings is 3. The van der Waals surface area contributed by atoms with Gasteiger partial charge in [-0.25, -0.2) is 8.42 Å². The van der Waals surface area contributed by atoms with Crippen LogP contribution in [0.5, 0.6) is 0 Å². The van der Waals surface area contributed by atoms with Gasteiger partial charge >= 0.3 is 0 Å². The lowest BCUT2D eigenvalue weighted by atomic mass is 9.48. The highest BCUT2D eigenvalue weighted by molar-refractivity contribution is 7.92. The molecule has 2 atom stereocenters. The van der Waals surface area contributed by atoms with Crippen LogP contribution >= 0.6 is 0 Å². The van der Waals surface area contributed by atoms with E-state index in [9.17, 15) is 18.0 Å². The Morgan fingerprint density at radius 2 is 1.36 bits per heavy atom. The van der Waals surface area contributed by atoms with Gasteiger partial charge in [0, 0.05) is 19.0 Å². The van der Waals surface area contributed by atoms with Crippen molar-refractivity contribution < 1.29 is 18.0 Å². The Morgan fingerprint density at radius 3 is 1.87 bits per heavy atom. The van der Waals surface area contributed by atoms with E-state index in [0.29, 0.717) is 12.1 Å². The molecule has 3 aromatic carbocycles. The van der Waals surface area contributed by atoms with E-state index in [0.717, 1.165) is 41.6 Å². The van der Waals surface area contributed by atoms with Crippen LogP contribution < -0.4 is 9.62 Å². The van der Waals surface area contributed by atoms with Crippen LogP contribution in [0.4, 0.5) is 5.69 Å². The summed E-state index contributed by atoms with van der Waals surface area (Å²) >= 11 is 0. The Morgan fingerprint density at radius 1 is 0.830 bits per heavy atom. The molecule has 3 aromatic rings. The summed E-state index contributed by atoms with van der Waals surface area (Å²) in [7, 11) is -3.82. The molecule has 0 spiro atoms. The summed E-state index contributed by atoms with van der Waals surface area (Å²) in [5.41, 5.74) is 3.75. The lowest BCUT2D eigenvalue weighted by molar-refractivity contribution is -0.140. The quantitative estimate of drug-likeness (QED) is 0.229. The number of nitrogens with zero attached hydrogens (tertiary/aromatic N) is 2. The molecule has 4 aliphatic carbocycles. The predicted octanol–water partition coefficient (Wildman–Crippen LogP) is 6.48. The second-order valence-electron chi connectivity index (χ2n) is 14.5. The number of rotatable bonds is 13. The molecule has 8 heteroatoms. The van der Waals surface area contributed by atoms with E-state index >= 15 is 0 Å². The minimum atomic E-state index is -3.82. The molecule has 0 radical (unpaired) electrons. The van der Waals surface area contributed by atoms with Crippen LogP contribution in [0, 0.1) is 17.8 Å². The van der Waals surface area contributed by atoms with Gasteiger partial charge in [0.25, 0.3) is 0 Å². The molecule has 4 bridgehead atoms. The number of anilines is 1. The Kier molecular flexibility index (Phi) is 9.79. The Labute approximate surface area is 280 Å². The second kappa shape index (κ2) is 13.8. The first kappa shape index (κ1) is 33.3. The van der Waals surface area contributed by atoms with Gasteiger partial charge in [-0.3, -0.25) is 13.9 Å². The first-order valence-corrected chi connectivity index (χ1v) is 19.1. The first-order chi connectivity index (χ1) is 22.5. The maximum Gasteiger partial charge on any atom is 0.244 e. The number of amides is 2. The first-order valence-electron chi connectivity index (χ1n) is 17.3. The molecule has 0 heterocycles. The predicted molar refractivity (Wildman–Crippen MR) is 187 cm³/mol. The minimum absolute atomic E-state index is 0.0746. The third-order valence-electron chi connectivity index (χ3n) is 11.0. The fraction of sp³-hybridized carbons (Fsp3) is 0.487. The minimum Gasteiger partial charge on any atom is -0.352 e. The Balaban J connectivity index is 1.30. The molecule has 4 aliphatic rings. The van der Waals surface area contributed by atoms with E-state index in [1.165, 1.54) is 48.4 Å². The summed E-state index contributed by atoms with van der Waals surface area (Å²) in [5.74, 6) is 1.75. The molecule has 47 heavy (non-hydrogen) atoms. The van der Waals surface area contributed by atoms with Crippen LogP contribution in [-0.2, 0) is 38.0 Å². The standard InChI is InChI=1S/C39H49N3O4S/c1-4-28(2)40-38(44)36(22-29-11-7-5-8-12-29)41(26-30-13-9-6-10-14-30)37(43)27-42(47(3,45)46)35-17-15-34(16-18-35)39-23-31-19-32(24-39)21-33(20-31)25-39/h5-18,28,31-33,36H,4,19-27H2,1-3H3,(H,40,44)/t28-,31?,32?,33?,36-,39?/m1/s1. The zero-order chi connectivity index (χ0) is 33.2. The van der Waals surface area contributed by atoms with E-state index < -0.39 is 28.5 Å². The highest BCUT2D eigenvalue weighted by Crippen LogP contribution is 2.60. The number of hydrogen-bond acceptors (Lipinski definition) is 4. The maximum absolute atomic E-state index is 14.4. The smallest absolute Gasteiger partial charge is 0.244 e. The zero-order valence-electron chi connectivity index (χ0n) is 28.0. The number of nitrogens with one attached hydrogen (secondary N) is 1. The van der Waals surface area contributed by atoms with Crippen molar-refractivity contribution in [1.29, 1.82) is 0 Å². The second-order valence-corrected chi connectivity index (χ2v) is 16.5. The van der Waals surface area contributed by atoms with Crippen LogP contribution in [0.1, 0.15) is 75.5 Å². The van der Waals surface area contributed by atoms with Gasteiger partial charge in [0.2, 0.25) is 21.8 Å². The summed E-state index contributed by atoms with van der Waals surface area (Å²) in [6, 6.07) is 26.2. The normalized spacial score (nSPS) is 24.4. The molecule has 2 amide bonds. The van der Waals surface area contributed by atoms with Crippen LogP contribution in [-0.4, -0.2) is 50.0 Å². The van der Waals surface area contributed by atoms with Crippen molar-refractivity contribution in [3.8, 4) is 0 Å². The van der Waals surface area contributed by atoms with Gasteiger partial charge in [0.1, 0.15) is 12.6 Å². The zero-order valence-corrected chi connectivity index (χ0v) is 28.8. The largest absolute Gasteiger partial charge is 0.352 e. The summed E-state index contributed by atoms with van der Waals surface area (Å²) in [4.78, 5) is 29.8. The molecular formula is C39H49N3O4S. The summed E-state index contributed by atoms with van der Waals surface area (Å²) in [6.45, 7) is 3.72. The number of carbonyl (C=O) groups excluding carboxylic acids is 2. The fourth-order valence-electron chi connectivity index (χ4n) is 8.83. The van der Waals surface area contributed by atoms with E-state index in [1.54, 1.807) is 4.90 Å². The van der Waals surface area contributed by atoms with Gasteiger partial charge in [-0.15, -0.1) is 0 Å². The van der Waals surface area contributed by atoms with Crippen LogP contribution in [0.15, 0.2) is 84.9 Å². The molecule has 7 nitrogen and oxygen atoms in total. The Bertz CT molecular complexity index is 1610. The molecular weight excluding hydrogens is 607 g/mol. The summed E-state index contributed by atoms with van der Waals surface area (Å²) in [5, 5.41) is 3.08. The molecule has 0 aliphatic heterocycles. The van der Waals surface area contributed by atoms with Crippen molar-refractivity contribution in [2.45, 2.75) is 89.3 Å². The molecule has 0 aromatic heterocycles. The van der Waals surface area contributed by atoms with Crippen molar-refractivity contribution in [2.75, 3.05) is 17.1 Å². The average molecular weight is 656 g/mol. The number of sulfonamides is 1. The van der Waals surface area contributed by atoms with Crippen molar-refractivity contribution in [3.05, 3.63) is 102 Å². The fourth-order valence-corrected chi connectivity index (χ4v) is 9.68. The highest BCUT2D eigenvalue weighted by atomic mass is 32.2. The van der Waals surface area contributed by atoms with Gasteiger partial charge in [-0.1, -0.05) is 79.7 Å². The van der Waals surface area contributed by atoms with Gasteiger partial charge in [0.05, 0.1) is 11.9 Å². The molecule has 1 N–H and O–H groups in total. The van der Waals surface area contributed by atoms with Crippen molar-refractivity contribution in [3.63, 3.8) is 0 Å². The molecule has 7 rings (SSSR count). The van der Waals surface area contributed by atoms with E-state index in [2.05, 4.69) is 17.4 Å². The van der Waals surface area contributed by atoms with Gasteiger partial charge < -0.3 is 10.2 Å². The van der Waals surface area contributed by atoms with E-state index in [4.69, 9.17) is 0 Å². The van der Waals surface area contributed by atoms with Crippen molar-refractivity contribution in [1.82, 2.24) is 10.2 Å². The number of hydrogen-bond donors (Lipinski definition) is 1. The van der Waals surface area contributed by atoms with E-state index in [1.807, 2.05) is 86.6 Å². The average Bonchev–Trinajstić information content (AvgIpc) is 3.05. The lowest BCUT2D eigenvalue weighted by Gasteiger charge is -2.57. The molecule has 4 saturated carbocycles. The molecule has 4 fully saturated rings. The third kappa shape index (κ3) is 7.58. The van der Waals surface area contributed by atoms with Crippen molar-refractivity contribution in [2.24, 2.45) is 17.8 Å².